The third-order valence-corrected chi connectivity index (χ3v) is 18.9. The number of fused-ring (bicyclic) bond motifs is 5. The SMILES string of the molecule is CC(C)=C[C@H](O)[C@H](O)[C@H](C)[C@@H]1CC[C@]2(C)[C@H]3CC[C@H]4C(C)(C)[C@@H](O[C@H]5O[C@@H](CO)[C@H](O)[C@@H](O[C@@H]6O[C@H](CO)[C@H](O)[C@H](O)[C@@H]6O)[C@@H]5O[C@@H]5O[C@H](CO)[C@@H](O)[C@H](O)[C@@H]5O)CC[C@@]4(C)[C@@H]3CC[C@@]12C. The zero-order valence-corrected chi connectivity index (χ0v) is 40.0. The van der Waals surface area contributed by atoms with Crippen LogP contribution in [-0.4, -0.2) is 192 Å². The fraction of sp³-hybridized carbons (Fsp3) is 0.958. The van der Waals surface area contributed by atoms with Crippen molar-refractivity contribution in [1.29, 1.82) is 0 Å². The Labute approximate surface area is 388 Å². The predicted octanol–water partition coefficient (Wildman–Crippen LogP) is -0.171. The molecule has 3 aliphatic heterocycles. The van der Waals surface area contributed by atoms with E-state index in [0.29, 0.717) is 18.3 Å². The summed E-state index contributed by atoms with van der Waals surface area (Å²) in [7, 11) is 0. The van der Waals surface area contributed by atoms with Crippen molar-refractivity contribution in [1.82, 2.24) is 0 Å². The lowest BCUT2D eigenvalue weighted by Gasteiger charge is -2.68. The summed E-state index contributed by atoms with van der Waals surface area (Å²) in [6.45, 7) is 15.4. The number of aliphatic hydroxyl groups is 12. The third-order valence-electron chi connectivity index (χ3n) is 18.9. The van der Waals surface area contributed by atoms with Crippen molar-refractivity contribution in [3.8, 4) is 0 Å². The summed E-state index contributed by atoms with van der Waals surface area (Å²) in [6.07, 6.45) is -18.1. The van der Waals surface area contributed by atoms with Crippen molar-refractivity contribution >= 4 is 0 Å². The molecule has 0 amide bonds. The summed E-state index contributed by atoms with van der Waals surface area (Å²) in [4.78, 5) is 0. The van der Waals surface area contributed by atoms with E-state index in [-0.39, 0.29) is 34.0 Å². The number of aliphatic hydroxyl groups excluding tert-OH is 12. The molecule has 0 radical (unpaired) electrons. The molecule has 4 saturated carbocycles. The predicted molar refractivity (Wildman–Crippen MR) is 234 cm³/mol. The first-order chi connectivity index (χ1) is 30.9. The van der Waals surface area contributed by atoms with Crippen molar-refractivity contribution < 1.29 is 89.7 Å². The van der Waals surface area contributed by atoms with Gasteiger partial charge in [-0.2, -0.15) is 0 Å². The molecule has 66 heavy (non-hydrogen) atoms. The highest BCUT2D eigenvalue weighted by Crippen LogP contribution is 2.75. The molecule has 3 heterocycles. The molecule has 0 aromatic rings. The van der Waals surface area contributed by atoms with E-state index in [9.17, 15) is 61.3 Å². The first kappa shape index (κ1) is 52.8. The van der Waals surface area contributed by atoms with Crippen LogP contribution in [0.25, 0.3) is 0 Å². The van der Waals surface area contributed by atoms with Crippen LogP contribution in [0.5, 0.6) is 0 Å². The van der Waals surface area contributed by atoms with Gasteiger partial charge in [0.05, 0.1) is 38.1 Å². The maximum Gasteiger partial charge on any atom is 0.187 e. The van der Waals surface area contributed by atoms with Gasteiger partial charge in [-0.3, -0.25) is 0 Å². The zero-order chi connectivity index (χ0) is 48.6. The van der Waals surface area contributed by atoms with Gasteiger partial charge in [0.25, 0.3) is 0 Å². The number of hydrogen-bond acceptors (Lipinski definition) is 18. The first-order valence-electron chi connectivity index (χ1n) is 24.4. The molecule has 7 rings (SSSR count). The highest BCUT2D eigenvalue weighted by Gasteiger charge is 2.68. The largest absolute Gasteiger partial charge is 0.394 e. The van der Waals surface area contributed by atoms with Gasteiger partial charge in [-0.1, -0.05) is 53.2 Å². The molecular formula is C48H82O18. The number of rotatable bonds is 13. The minimum atomic E-state index is -1.90. The minimum Gasteiger partial charge on any atom is -0.394 e. The topological polar surface area (TPSA) is 298 Å². The number of allylic oxidation sites excluding steroid dienone is 1. The molecular weight excluding hydrogens is 865 g/mol. The second-order valence-corrected chi connectivity index (χ2v) is 22.7. The van der Waals surface area contributed by atoms with Gasteiger partial charge in [-0.05, 0) is 116 Å². The second-order valence-electron chi connectivity index (χ2n) is 22.7. The van der Waals surface area contributed by atoms with Crippen molar-refractivity contribution in [3.05, 3.63) is 11.6 Å². The standard InChI is InChI=1S/C48H82O18/c1-21(2)17-26(52)32(53)22(3)23-11-15-48(8)25-9-10-30-45(4,5)31(13-14-46(30,6)24(25)12-16-47(23,48)7)64-44-41(66-43-39(60)37(58)34(55)28(19-50)62-43)40(35(56)29(20-51)63-44)65-42-38(59)36(57)33(54)27(18-49)61-42/h17,22-44,49-60H,9-16,18-20H2,1-8H3/t22-,23+,24-,25+,26+,27-,28-,29+,30+,31+,32-,33+,34-,35+,36+,37+,38+,39+,40-,41+,42+,43+,44-,46+,47+,48-/m1/s1. The number of ether oxygens (including phenoxy) is 6. The molecule has 12 N–H and O–H groups in total. The summed E-state index contributed by atoms with van der Waals surface area (Å²) >= 11 is 0. The molecule has 4 aliphatic carbocycles. The minimum absolute atomic E-state index is 0.0192. The van der Waals surface area contributed by atoms with Crippen LogP contribution < -0.4 is 0 Å². The lowest BCUT2D eigenvalue weighted by Crippen LogP contribution is -2.68. The van der Waals surface area contributed by atoms with Crippen molar-refractivity contribution in [3.63, 3.8) is 0 Å². The molecule has 3 saturated heterocycles. The van der Waals surface area contributed by atoms with E-state index >= 15 is 0 Å². The van der Waals surface area contributed by atoms with Gasteiger partial charge in [-0.25, -0.2) is 0 Å². The first-order valence-corrected chi connectivity index (χ1v) is 24.4. The summed E-state index contributed by atoms with van der Waals surface area (Å²) in [5, 5.41) is 129. The highest BCUT2D eigenvalue weighted by atomic mass is 16.8. The van der Waals surface area contributed by atoms with Gasteiger partial charge >= 0.3 is 0 Å². The van der Waals surface area contributed by atoms with Crippen LogP contribution in [0.1, 0.15) is 107 Å². The summed E-state index contributed by atoms with van der Waals surface area (Å²) in [5.41, 5.74) is 0.414. The quantitative estimate of drug-likeness (QED) is 0.0843. The van der Waals surface area contributed by atoms with Crippen LogP contribution in [0.15, 0.2) is 11.6 Å². The smallest absolute Gasteiger partial charge is 0.187 e. The lowest BCUT2D eigenvalue weighted by molar-refractivity contribution is -0.399. The van der Waals surface area contributed by atoms with Crippen LogP contribution in [-0.2, 0) is 28.4 Å². The Hall–Kier alpha value is -0.980. The molecule has 7 aliphatic rings. The third kappa shape index (κ3) is 8.90. The van der Waals surface area contributed by atoms with Crippen LogP contribution in [0, 0.1) is 51.2 Å². The molecule has 18 nitrogen and oxygen atoms in total. The summed E-state index contributed by atoms with van der Waals surface area (Å²) < 4.78 is 37.0. The monoisotopic (exact) mass is 947 g/mol. The molecule has 18 heteroatoms. The molecule has 0 aromatic heterocycles. The van der Waals surface area contributed by atoms with Gasteiger partial charge in [0.15, 0.2) is 18.9 Å². The Morgan fingerprint density at radius 2 is 1.09 bits per heavy atom. The Morgan fingerprint density at radius 1 is 0.576 bits per heavy atom. The van der Waals surface area contributed by atoms with Crippen LogP contribution in [0.3, 0.4) is 0 Å². The van der Waals surface area contributed by atoms with Crippen molar-refractivity contribution in [2.75, 3.05) is 19.8 Å². The van der Waals surface area contributed by atoms with E-state index in [1.54, 1.807) is 6.08 Å². The maximum absolute atomic E-state index is 11.7. The van der Waals surface area contributed by atoms with Gasteiger partial charge in [-0.15, -0.1) is 0 Å². The average Bonchev–Trinajstić information content (AvgIpc) is 3.56. The Kier molecular flexibility index (Phi) is 15.9. The normalized spacial score (nSPS) is 51.8. The molecule has 0 aromatic carbocycles. The lowest BCUT2D eigenvalue weighted by atomic mass is 9.38. The second kappa shape index (κ2) is 19.9. The van der Waals surface area contributed by atoms with E-state index in [1.807, 2.05) is 13.8 Å². The fourth-order valence-electron chi connectivity index (χ4n) is 14.9. The van der Waals surface area contributed by atoms with Crippen LogP contribution in [0.4, 0.5) is 0 Å². The zero-order valence-electron chi connectivity index (χ0n) is 40.0. The van der Waals surface area contributed by atoms with Crippen molar-refractivity contribution in [2.45, 2.75) is 217 Å². The van der Waals surface area contributed by atoms with Gasteiger partial charge in [0, 0.05) is 0 Å². The molecule has 382 valence electrons. The van der Waals surface area contributed by atoms with E-state index in [2.05, 4.69) is 41.5 Å². The van der Waals surface area contributed by atoms with E-state index in [4.69, 9.17) is 28.4 Å². The summed E-state index contributed by atoms with van der Waals surface area (Å²) in [5.74, 6) is 1.23. The molecule has 0 bridgehead atoms. The molecule has 7 fully saturated rings. The molecule has 0 unspecified atom stereocenters. The van der Waals surface area contributed by atoms with E-state index in [1.165, 1.54) is 0 Å². The maximum atomic E-state index is 11.7. The van der Waals surface area contributed by atoms with E-state index in [0.717, 1.165) is 50.5 Å². The Balaban J connectivity index is 1.15. The molecule has 0 spiro atoms. The highest BCUT2D eigenvalue weighted by molar-refractivity contribution is 5.17. The number of hydrogen-bond donors (Lipinski definition) is 12. The van der Waals surface area contributed by atoms with Crippen LogP contribution >= 0.6 is 0 Å². The fourth-order valence-corrected chi connectivity index (χ4v) is 14.9. The average molecular weight is 947 g/mol. The van der Waals surface area contributed by atoms with Gasteiger partial charge < -0.3 is 89.7 Å². The van der Waals surface area contributed by atoms with Crippen molar-refractivity contribution in [2.24, 2.45) is 51.2 Å². The molecule has 26 atom stereocenters. The van der Waals surface area contributed by atoms with Gasteiger partial charge in [0.2, 0.25) is 0 Å². The van der Waals surface area contributed by atoms with Gasteiger partial charge in [0.1, 0.15) is 73.2 Å². The summed E-state index contributed by atoms with van der Waals surface area (Å²) in [6, 6.07) is 0. The Morgan fingerprint density at radius 3 is 1.64 bits per heavy atom. The van der Waals surface area contributed by atoms with E-state index < -0.39 is 136 Å². The Bertz CT molecular complexity index is 1660. The van der Waals surface area contributed by atoms with Crippen LogP contribution in [0.2, 0.25) is 0 Å².